The molecule has 1 aliphatic heterocycles. The average molecular weight is 316 g/mol. The fourth-order valence-corrected chi connectivity index (χ4v) is 3.93. The van der Waals surface area contributed by atoms with Crippen LogP contribution in [0, 0.1) is 6.92 Å². The van der Waals surface area contributed by atoms with Gasteiger partial charge in [-0.25, -0.2) is 0 Å². The number of aliphatic hydroxyl groups is 1. The lowest BCUT2D eigenvalue weighted by molar-refractivity contribution is -0.133. The maximum atomic E-state index is 12.4. The largest absolute Gasteiger partial charge is 0.391 e. The summed E-state index contributed by atoms with van der Waals surface area (Å²) in [6, 6.07) is 8.72. The van der Waals surface area contributed by atoms with E-state index in [1.54, 1.807) is 0 Å². The summed E-state index contributed by atoms with van der Waals surface area (Å²) < 4.78 is 0. The Morgan fingerprint density at radius 1 is 1.22 bits per heavy atom. The smallest absolute Gasteiger partial charge is 0.222 e. The van der Waals surface area contributed by atoms with Gasteiger partial charge in [-0.15, -0.1) is 0 Å². The standard InChI is InChI=1S/C19H28N2O2/c1-15-4-2-5-16(14-15)8-9-19(23)21-12-10-20(11-13-21)17-6-3-7-18(17)22/h2,4-5,14,17-18,22H,3,6-13H2,1H3/t17-,18+/m0/s1. The molecule has 1 saturated carbocycles. The molecule has 2 fully saturated rings. The lowest BCUT2D eigenvalue weighted by Crippen LogP contribution is -2.53. The van der Waals surface area contributed by atoms with Gasteiger partial charge in [0, 0.05) is 38.6 Å². The van der Waals surface area contributed by atoms with Crippen LogP contribution in [0.4, 0.5) is 0 Å². The Morgan fingerprint density at radius 3 is 2.65 bits per heavy atom. The highest BCUT2D eigenvalue weighted by molar-refractivity contribution is 5.76. The SMILES string of the molecule is Cc1cccc(CCC(=O)N2CCN([C@H]3CCC[C@H]3O)CC2)c1. The minimum Gasteiger partial charge on any atom is -0.391 e. The number of nitrogens with zero attached hydrogens (tertiary/aromatic N) is 2. The first-order chi connectivity index (χ1) is 11.1. The summed E-state index contributed by atoms with van der Waals surface area (Å²) in [6.45, 7) is 5.49. The van der Waals surface area contributed by atoms with E-state index in [9.17, 15) is 9.90 Å². The van der Waals surface area contributed by atoms with E-state index in [1.165, 1.54) is 11.1 Å². The molecule has 1 amide bonds. The van der Waals surface area contributed by atoms with Crippen molar-refractivity contribution in [3.8, 4) is 0 Å². The highest BCUT2D eigenvalue weighted by Gasteiger charge is 2.33. The predicted octanol–water partition coefficient (Wildman–Crippen LogP) is 1.99. The van der Waals surface area contributed by atoms with Crippen LogP contribution in [0.2, 0.25) is 0 Å². The molecule has 2 atom stereocenters. The van der Waals surface area contributed by atoms with Gasteiger partial charge in [-0.05, 0) is 38.2 Å². The summed E-state index contributed by atoms with van der Waals surface area (Å²) in [6.07, 6.45) is 4.40. The van der Waals surface area contributed by atoms with Gasteiger partial charge in [-0.2, -0.15) is 0 Å². The van der Waals surface area contributed by atoms with Crippen molar-refractivity contribution >= 4 is 5.91 Å². The van der Waals surface area contributed by atoms with E-state index in [0.29, 0.717) is 12.5 Å². The monoisotopic (exact) mass is 316 g/mol. The van der Waals surface area contributed by atoms with E-state index in [4.69, 9.17) is 0 Å². The Labute approximate surface area is 139 Å². The number of hydrogen-bond acceptors (Lipinski definition) is 3. The summed E-state index contributed by atoms with van der Waals surface area (Å²) in [7, 11) is 0. The van der Waals surface area contributed by atoms with Crippen LogP contribution in [-0.2, 0) is 11.2 Å². The molecule has 0 aromatic heterocycles. The second-order valence-corrected chi connectivity index (χ2v) is 6.97. The Hall–Kier alpha value is -1.39. The second-order valence-electron chi connectivity index (χ2n) is 6.97. The van der Waals surface area contributed by atoms with Gasteiger partial charge in [0.1, 0.15) is 0 Å². The highest BCUT2D eigenvalue weighted by atomic mass is 16.3. The topological polar surface area (TPSA) is 43.8 Å². The van der Waals surface area contributed by atoms with E-state index < -0.39 is 0 Å². The molecule has 1 N–H and O–H groups in total. The summed E-state index contributed by atoms with van der Waals surface area (Å²) in [5.41, 5.74) is 2.49. The third kappa shape index (κ3) is 4.12. The fourth-order valence-electron chi connectivity index (χ4n) is 3.93. The van der Waals surface area contributed by atoms with Gasteiger partial charge < -0.3 is 10.0 Å². The first-order valence-electron chi connectivity index (χ1n) is 8.89. The zero-order chi connectivity index (χ0) is 16.2. The summed E-state index contributed by atoms with van der Waals surface area (Å²) in [5.74, 6) is 0.262. The van der Waals surface area contributed by atoms with Gasteiger partial charge in [0.15, 0.2) is 0 Å². The van der Waals surface area contributed by atoms with E-state index in [1.807, 2.05) is 4.90 Å². The fraction of sp³-hybridized carbons (Fsp3) is 0.632. The lowest BCUT2D eigenvalue weighted by atomic mass is 10.1. The summed E-state index contributed by atoms with van der Waals surface area (Å²) >= 11 is 0. The van der Waals surface area contributed by atoms with Crippen molar-refractivity contribution in [1.82, 2.24) is 9.80 Å². The maximum Gasteiger partial charge on any atom is 0.222 e. The number of aryl methyl sites for hydroxylation is 2. The Bertz CT molecular complexity index is 538. The molecule has 1 saturated heterocycles. The first kappa shape index (κ1) is 16.5. The summed E-state index contributed by atoms with van der Waals surface area (Å²) in [4.78, 5) is 16.8. The third-order valence-electron chi connectivity index (χ3n) is 5.29. The molecule has 1 aromatic carbocycles. The number of amides is 1. The molecule has 1 aliphatic carbocycles. The number of aliphatic hydroxyl groups excluding tert-OH is 1. The first-order valence-corrected chi connectivity index (χ1v) is 8.89. The number of rotatable bonds is 4. The van der Waals surface area contributed by atoms with Gasteiger partial charge in [-0.3, -0.25) is 9.69 Å². The molecule has 126 valence electrons. The van der Waals surface area contributed by atoms with Crippen LogP contribution < -0.4 is 0 Å². The maximum absolute atomic E-state index is 12.4. The molecule has 4 nitrogen and oxygen atoms in total. The molecular weight excluding hydrogens is 288 g/mol. The second kappa shape index (κ2) is 7.45. The lowest BCUT2D eigenvalue weighted by Gasteiger charge is -2.39. The molecule has 4 heteroatoms. The number of benzene rings is 1. The third-order valence-corrected chi connectivity index (χ3v) is 5.29. The molecule has 0 radical (unpaired) electrons. The molecule has 0 unspecified atom stereocenters. The van der Waals surface area contributed by atoms with Crippen LogP contribution in [0.1, 0.15) is 36.8 Å². The van der Waals surface area contributed by atoms with Crippen LogP contribution in [0.25, 0.3) is 0 Å². The van der Waals surface area contributed by atoms with E-state index >= 15 is 0 Å². The molecule has 23 heavy (non-hydrogen) atoms. The highest BCUT2D eigenvalue weighted by Crippen LogP contribution is 2.25. The van der Waals surface area contributed by atoms with Crippen molar-refractivity contribution in [1.29, 1.82) is 0 Å². The van der Waals surface area contributed by atoms with Crippen LogP contribution in [0.5, 0.6) is 0 Å². The zero-order valence-electron chi connectivity index (χ0n) is 14.1. The molecule has 0 spiro atoms. The van der Waals surface area contributed by atoms with Crippen molar-refractivity contribution < 1.29 is 9.90 Å². The Kier molecular flexibility index (Phi) is 5.34. The van der Waals surface area contributed by atoms with Crippen LogP contribution in [0.15, 0.2) is 24.3 Å². The van der Waals surface area contributed by atoms with Crippen LogP contribution in [0.3, 0.4) is 0 Å². The number of carbonyl (C=O) groups is 1. The van der Waals surface area contributed by atoms with Crippen LogP contribution in [-0.4, -0.2) is 59.1 Å². The average Bonchev–Trinajstić information content (AvgIpc) is 2.99. The predicted molar refractivity (Wildman–Crippen MR) is 91.3 cm³/mol. The molecular formula is C19H28N2O2. The van der Waals surface area contributed by atoms with E-state index in [0.717, 1.165) is 51.9 Å². The molecule has 1 aromatic rings. The Balaban J connectivity index is 1.45. The molecule has 1 heterocycles. The minimum absolute atomic E-state index is 0.168. The van der Waals surface area contributed by atoms with Gasteiger partial charge in [-0.1, -0.05) is 29.8 Å². The minimum atomic E-state index is -0.168. The quantitative estimate of drug-likeness (QED) is 0.924. The van der Waals surface area contributed by atoms with Crippen molar-refractivity contribution in [2.75, 3.05) is 26.2 Å². The van der Waals surface area contributed by atoms with Crippen molar-refractivity contribution in [2.45, 2.75) is 51.2 Å². The van der Waals surface area contributed by atoms with Crippen molar-refractivity contribution in [3.63, 3.8) is 0 Å². The normalized spacial score (nSPS) is 25.7. The number of piperazine rings is 1. The van der Waals surface area contributed by atoms with Crippen molar-refractivity contribution in [3.05, 3.63) is 35.4 Å². The zero-order valence-corrected chi connectivity index (χ0v) is 14.1. The van der Waals surface area contributed by atoms with E-state index in [2.05, 4.69) is 36.1 Å². The van der Waals surface area contributed by atoms with Gasteiger partial charge in [0.2, 0.25) is 5.91 Å². The van der Waals surface area contributed by atoms with Crippen molar-refractivity contribution in [2.24, 2.45) is 0 Å². The number of hydrogen-bond donors (Lipinski definition) is 1. The van der Waals surface area contributed by atoms with Gasteiger partial charge >= 0.3 is 0 Å². The number of carbonyl (C=O) groups excluding carboxylic acids is 1. The molecule has 0 bridgehead atoms. The van der Waals surface area contributed by atoms with Gasteiger partial charge in [0.25, 0.3) is 0 Å². The van der Waals surface area contributed by atoms with E-state index in [-0.39, 0.29) is 12.0 Å². The molecule has 3 rings (SSSR count). The molecule has 2 aliphatic rings. The Morgan fingerprint density at radius 2 is 2.00 bits per heavy atom. The van der Waals surface area contributed by atoms with Gasteiger partial charge in [0.05, 0.1) is 6.10 Å². The summed E-state index contributed by atoms with van der Waals surface area (Å²) in [5, 5.41) is 10.0. The van der Waals surface area contributed by atoms with Crippen LogP contribution >= 0.6 is 0 Å².